The van der Waals surface area contributed by atoms with Crippen LogP contribution in [0.25, 0.3) is 0 Å². The molecule has 0 aliphatic heterocycles. The van der Waals surface area contributed by atoms with E-state index in [2.05, 4.69) is 55.3 Å². The van der Waals surface area contributed by atoms with E-state index in [1.54, 1.807) is 12.4 Å². The molecule has 27 heavy (non-hydrogen) atoms. The first kappa shape index (κ1) is 20.6. The maximum atomic E-state index is 12.4. The second-order valence-electron chi connectivity index (χ2n) is 7.83. The van der Waals surface area contributed by atoms with Gasteiger partial charge in [-0.25, -0.2) is 0 Å². The third kappa shape index (κ3) is 5.91. The predicted octanol–water partition coefficient (Wildman–Crippen LogP) is 2.59. The first-order chi connectivity index (χ1) is 12.7. The third-order valence-corrected chi connectivity index (χ3v) is 4.07. The summed E-state index contributed by atoms with van der Waals surface area (Å²) in [6.07, 6.45) is 3.58. The zero-order chi connectivity index (χ0) is 20.0. The number of pyridine rings is 1. The van der Waals surface area contributed by atoms with Crippen LogP contribution in [0.4, 0.5) is 0 Å². The Morgan fingerprint density at radius 2 is 1.81 bits per heavy atom. The standard InChI is InChI=1S/C20H29N5O2/c1-14(2)17-12-16(24-25(17)20(3,4)5)19(27)22-11-8-18(26)23-13-15-6-9-21-10-7-15/h6-7,9-10,12,14H,8,11,13H2,1-5H3,(H,22,27)(H,23,26). The molecule has 0 spiro atoms. The Bertz CT molecular complexity index is 775. The number of hydrogen-bond acceptors (Lipinski definition) is 4. The van der Waals surface area contributed by atoms with Crippen molar-refractivity contribution in [3.05, 3.63) is 47.5 Å². The average Bonchev–Trinajstić information content (AvgIpc) is 3.07. The summed E-state index contributed by atoms with van der Waals surface area (Å²) in [5, 5.41) is 10.1. The fraction of sp³-hybridized carbons (Fsp3) is 0.500. The van der Waals surface area contributed by atoms with Crippen molar-refractivity contribution in [3.63, 3.8) is 0 Å². The molecule has 2 rings (SSSR count). The van der Waals surface area contributed by atoms with Gasteiger partial charge in [0.05, 0.1) is 5.54 Å². The predicted molar refractivity (Wildman–Crippen MR) is 104 cm³/mol. The third-order valence-electron chi connectivity index (χ3n) is 4.07. The van der Waals surface area contributed by atoms with E-state index in [0.29, 0.717) is 12.2 Å². The Hall–Kier alpha value is -2.70. The molecule has 146 valence electrons. The average molecular weight is 371 g/mol. The van der Waals surface area contributed by atoms with E-state index in [1.807, 2.05) is 22.9 Å². The highest BCUT2D eigenvalue weighted by Gasteiger charge is 2.23. The lowest BCUT2D eigenvalue weighted by Gasteiger charge is -2.23. The van der Waals surface area contributed by atoms with Gasteiger partial charge in [0, 0.05) is 37.6 Å². The molecule has 0 radical (unpaired) electrons. The van der Waals surface area contributed by atoms with Crippen molar-refractivity contribution < 1.29 is 9.59 Å². The van der Waals surface area contributed by atoms with E-state index >= 15 is 0 Å². The molecule has 0 aliphatic rings. The summed E-state index contributed by atoms with van der Waals surface area (Å²) in [7, 11) is 0. The fourth-order valence-electron chi connectivity index (χ4n) is 2.62. The highest BCUT2D eigenvalue weighted by atomic mass is 16.2. The molecule has 2 N–H and O–H groups in total. The van der Waals surface area contributed by atoms with Gasteiger partial charge in [-0.05, 0) is 50.5 Å². The van der Waals surface area contributed by atoms with Gasteiger partial charge in [0.25, 0.3) is 5.91 Å². The van der Waals surface area contributed by atoms with Crippen molar-refractivity contribution in [2.75, 3.05) is 6.54 Å². The minimum atomic E-state index is -0.262. The molecule has 0 unspecified atom stereocenters. The zero-order valence-electron chi connectivity index (χ0n) is 16.7. The van der Waals surface area contributed by atoms with Gasteiger partial charge in [-0.3, -0.25) is 19.3 Å². The van der Waals surface area contributed by atoms with Gasteiger partial charge >= 0.3 is 0 Å². The summed E-state index contributed by atoms with van der Waals surface area (Å²) in [5.41, 5.74) is 2.18. The highest BCUT2D eigenvalue weighted by molar-refractivity contribution is 5.92. The highest BCUT2D eigenvalue weighted by Crippen LogP contribution is 2.23. The first-order valence-corrected chi connectivity index (χ1v) is 9.22. The van der Waals surface area contributed by atoms with E-state index in [-0.39, 0.29) is 36.2 Å². The number of carbonyl (C=O) groups is 2. The largest absolute Gasteiger partial charge is 0.352 e. The number of rotatable bonds is 7. The summed E-state index contributed by atoms with van der Waals surface area (Å²) in [6.45, 7) is 11.0. The first-order valence-electron chi connectivity index (χ1n) is 9.22. The second kappa shape index (κ2) is 8.79. The number of amides is 2. The number of nitrogens with zero attached hydrogens (tertiary/aromatic N) is 3. The fourth-order valence-corrected chi connectivity index (χ4v) is 2.62. The lowest BCUT2D eigenvalue weighted by atomic mass is 10.1. The van der Waals surface area contributed by atoms with E-state index in [0.717, 1.165) is 11.3 Å². The Morgan fingerprint density at radius 3 is 2.37 bits per heavy atom. The van der Waals surface area contributed by atoms with Gasteiger partial charge in [0.1, 0.15) is 5.69 Å². The van der Waals surface area contributed by atoms with Gasteiger partial charge in [-0.15, -0.1) is 0 Å². The molecule has 2 aromatic rings. The summed E-state index contributed by atoms with van der Waals surface area (Å²) in [6, 6.07) is 5.52. The Morgan fingerprint density at radius 1 is 1.15 bits per heavy atom. The van der Waals surface area contributed by atoms with Crippen LogP contribution in [0.15, 0.2) is 30.6 Å². The van der Waals surface area contributed by atoms with Crippen LogP contribution in [-0.2, 0) is 16.9 Å². The minimum Gasteiger partial charge on any atom is -0.352 e. The van der Waals surface area contributed by atoms with E-state index in [9.17, 15) is 9.59 Å². The molecule has 2 heterocycles. The van der Waals surface area contributed by atoms with Crippen molar-refractivity contribution in [1.29, 1.82) is 0 Å². The molecule has 2 amide bonds. The quantitative estimate of drug-likeness (QED) is 0.783. The van der Waals surface area contributed by atoms with Crippen molar-refractivity contribution in [2.24, 2.45) is 0 Å². The van der Waals surface area contributed by atoms with Crippen LogP contribution < -0.4 is 10.6 Å². The van der Waals surface area contributed by atoms with E-state index < -0.39 is 0 Å². The normalized spacial score (nSPS) is 11.5. The lowest BCUT2D eigenvalue weighted by molar-refractivity contribution is -0.121. The smallest absolute Gasteiger partial charge is 0.271 e. The number of aromatic nitrogens is 3. The zero-order valence-corrected chi connectivity index (χ0v) is 16.7. The van der Waals surface area contributed by atoms with Crippen molar-refractivity contribution in [3.8, 4) is 0 Å². The van der Waals surface area contributed by atoms with Gasteiger partial charge in [0.2, 0.25) is 5.91 Å². The van der Waals surface area contributed by atoms with E-state index in [4.69, 9.17) is 0 Å². The summed E-state index contributed by atoms with van der Waals surface area (Å²) >= 11 is 0. The van der Waals surface area contributed by atoms with Crippen LogP contribution in [-0.4, -0.2) is 33.1 Å². The van der Waals surface area contributed by atoms with Crippen molar-refractivity contribution in [2.45, 2.75) is 59.0 Å². The number of carbonyl (C=O) groups excluding carboxylic acids is 2. The van der Waals surface area contributed by atoms with Crippen molar-refractivity contribution in [1.82, 2.24) is 25.4 Å². The molecule has 0 fully saturated rings. The topological polar surface area (TPSA) is 88.9 Å². The van der Waals surface area contributed by atoms with Crippen LogP contribution in [0.1, 0.15) is 68.7 Å². The monoisotopic (exact) mass is 371 g/mol. The number of hydrogen-bond donors (Lipinski definition) is 2. The van der Waals surface area contributed by atoms with Gasteiger partial charge in [0.15, 0.2) is 0 Å². The molecule has 0 saturated carbocycles. The maximum absolute atomic E-state index is 12.4. The molecule has 0 aliphatic carbocycles. The summed E-state index contributed by atoms with van der Waals surface area (Å²) in [4.78, 5) is 28.2. The van der Waals surface area contributed by atoms with Crippen LogP contribution in [0.5, 0.6) is 0 Å². The van der Waals surface area contributed by atoms with Crippen molar-refractivity contribution >= 4 is 11.8 Å². The summed E-state index contributed by atoms with van der Waals surface area (Å²) < 4.78 is 1.90. The molecular formula is C20H29N5O2. The lowest BCUT2D eigenvalue weighted by Crippen LogP contribution is -2.31. The van der Waals surface area contributed by atoms with Crippen LogP contribution in [0.3, 0.4) is 0 Å². The molecule has 0 atom stereocenters. The molecule has 2 aromatic heterocycles. The van der Waals surface area contributed by atoms with E-state index in [1.165, 1.54) is 0 Å². The Labute approximate surface area is 160 Å². The Kier molecular flexibility index (Phi) is 6.71. The van der Waals surface area contributed by atoms with Crippen LogP contribution >= 0.6 is 0 Å². The van der Waals surface area contributed by atoms with Gasteiger partial charge in [-0.2, -0.15) is 5.10 Å². The molecule has 0 aromatic carbocycles. The summed E-state index contributed by atoms with van der Waals surface area (Å²) in [5.74, 6) is -0.116. The van der Waals surface area contributed by atoms with Gasteiger partial charge < -0.3 is 10.6 Å². The minimum absolute atomic E-state index is 0.116. The molecule has 0 saturated heterocycles. The van der Waals surface area contributed by atoms with Gasteiger partial charge in [-0.1, -0.05) is 13.8 Å². The molecular weight excluding hydrogens is 342 g/mol. The maximum Gasteiger partial charge on any atom is 0.271 e. The Balaban J connectivity index is 1.86. The molecule has 0 bridgehead atoms. The number of nitrogens with one attached hydrogen (secondary N) is 2. The second-order valence-corrected chi connectivity index (χ2v) is 7.83. The SMILES string of the molecule is CC(C)c1cc(C(=O)NCCC(=O)NCc2ccncc2)nn1C(C)(C)C. The van der Waals surface area contributed by atoms with Crippen LogP contribution in [0.2, 0.25) is 0 Å². The molecule has 7 heteroatoms. The molecule has 7 nitrogen and oxygen atoms in total. The van der Waals surface area contributed by atoms with Crippen LogP contribution in [0, 0.1) is 0 Å².